The molecular formula is C19H18INO3. The van der Waals surface area contributed by atoms with Crippen LogP contribution in [0, 0.1) is 3.77 Å². The average molecular weight is 435 g/mol. The van der Waals surface area contributed by atoms with Gasteiger partial charge in [0.05, 0.1) is 6.20 Å². The molecule has 0 radical (unpaired) electrons. The quantitative estimate of drug-likeness (QED) is 0.555. The minimum atomic E-state index is -0.672. The first-order chi connectivity index (χ1) is 11.7. The third-order valence-corrected chi connectivity index (χ3v) is 4.16. The van der Waals surface area contributed by atoms with Gasteiger partial charge < -0.3 is 14.3 Å². The van der Waals surface area contributed by atoms with Gasteiger partial charge in [-0.3, -0.25) is 0 Å². The van der Waals surface area contributed by atoms with Gasteiger partial charge in [0.2, 0.25) is 5.89 Å². The molecule has 0 amide bonds. The lowest BCUT2D eigenvalue weighted by Gasteiger charge is -2.08. The number of ether oxygens (including phenoxy) is 1. The molecule has 4 nitrogen and oxygen atoms in total. The Hall–Kier alpha value is -1.86. The second-order valence-electron chi connectivity index (χ2n) is 5.48. The number of oxazole rings is 1. The van der Waals surface area contributed by atoms with Crippen LogP contribution in [0.1, 0.15) is 29.5 Å². The number of nitrogens with zero attached hydrogens (tertiary/aromatic N) is 1. The van der Waals surface area contributed by atoms with Gasteiger partial charge in [0, 0.05) is 22.6 Å². The van der Waals surface area contributed by atoms with E-state index in [0.29, 0.717) is 22.7 Å². The zero-order valence-electron chi connectivity index (χ0n) is 13.1. The molecular weight excluding hydrogens is 417 g/mol. The maximum Gasteiger partial charge on any atom is 0.224 e. The standard InChI is InChI=1S/C19H18INO3/c20-18-12-21-19(24-18)17(22)11-10-14-6-8-15(9-7-14)13-23-16-4-2-1-3-5-16/h1-9,12,17,22H,10-11,13H2. The fraction of sp³-hybridized carbons (Fsp3) is 0.211. The summed E-state index contributed by atoms with van der Waals surface area (Å²) < 4.78 is 11.7. The van der Waals surface area contributed by atoms with Crippen LogP contribution in [0.15, 0.2) is 65.2 Å². The van der Waals surface area contributed by atoms with Gasteiger partial charge in [-0.1, -0.05) is 42.5 Å². The minimum absolute atomic E-state index is 0.382. The number of hydrogen-bond donors (Lipinski definition) is 1. The molecule has 0 spiro atoms. The lowest BCUT2D eigenvalue weighted by atomic mass is 10.1. The molecule has 0 saturated heterocycles. The van der Waals surface area contributed by atoms with Crippen LogP contribution < -0.4 is 4.74 Å². The first-order valence-electron chi connectivity index (χ1n) is 7.75. The molecule has 0 aliphatic rings. The number of aromatic nitrogens is 1. The second kappa shape index (κ2) is 8.30. The van der Waals surface area contributed by atoms with E-state index < -0.39 is 6.10 Å². The van der Waals surface area contributed by atoms with Gasteiger partial charge in [-0.15, -0.1) is 0 Å². The van der Waals surface area contributed by atoms with Crippen LogP contribution in [-0.2, 0) is 13.0 Å². The molecule has 24 heavy (non-hydrogen) atoms. The Morgan fingerprint density at radius 3 is 2.42 bits per heavy atom. The van der Waals surface area contributed by atoms with Gasteiger partial charge >= 0.3 is 0 Å². The molecule has 1 N–H and O–H groups in total. The largest absolute Gasteiger partial charge is 0.489 e. The van der Waals surface area contributed by atoms with Gasteiger partial charge in [0.15, 0.2) is 3.77 Å². The SMILES string of the molecule is OC(CCc1ccc(COc2ccccc2)cc1)c1ncc(I)o1. The first kappa shape index (κ1) is 17.0. The fourth-order valence-electron chi connectivity index (χ4n) is 2.33. The molecule has 0 aliphatic carbocycles. The number of benzene rings is 2. The van der Waals surface area contributed by atoms with E-state index in [4.69, 9.17) is 9.15 Å². The Kier molecular flexibility index (Phi) is 5.87. The highest BCUT2D eigenvalue weighted by Gasteiger charge is 2.13. The third kappa shape index (κ3) is 4.82. The normalized spacial score (nSPS) is 12.1. The van der Waals surface area contributed by atoms with Crippen molar-refractivity contribution in [1.29, 1.82) is 0 Å². The van der Waals surface area contributed by atoms with Crippen molar-refractivity contribution < 1.29 is 14.3 Å². The van der Waals surface area contributed by atoms with E-state index in [1.54, 1.807) is 6.20 Å². The summed E-state index contributed by atoms with van der Waals surface area (Å²) in [5.41, 5.74) is 2.28. The van der Waals surface area contributed by atoms with Crippen LogP contribution >= 0.6 is 22.6 Å². The van der Waals surface area contributed by atoms with Crippen LogP contribution in [0.5, 0.6) is 5.75 Å². The summed E-state index contributed by atoms with van der Waals surface area (Å²) in [7, 11) is 0. The van der Waals surface area contributed by atoms with E-state index in [0.717, 1.165) is 17.7 Å². The van der Waals surface area contributed by atoms with Crippen molar-refractivity contribution in [2.75, 3.05) is 0 Å². The molecule has 0 aliphatic heterocycles. The van der Waals surface area contributed by atoms with Crippen molar-refractivity contribution in [2.45, 2.75) is 25.6 Å². The van der Waals surface area contributed by atoms with Crippen LogP contribution in [0.2, 0.25) is 0 Å². The molecule has 1 heterocycles. The number of para-hydroxylation sites is 1. The van der Waals surface area contributed by atoms with Crippen molar-refractivity contribution in [3.05, 3.63) is 81.6 Å². The van der Waals surface area contributed by atoms with E-state index in [1.807, 2.05) is 52.9 Å². The van der Waals surface area contributed by atoms with Gasteiger partial charge in [-0.2, -0.15) is 0 Å². The van der Waals surface area contributed by atoms with E-state index in [-0.39, 0.29) is 0 Å². The topological polar surface area (TPSA) is 55.5 Å². The lowest BCUT2D eigenvalue weighted by molar-refractivity contribution is 0.133. The lowest BCUT2D eigenvalue weighted by Crippen LogP contribution is -2.00. The average Bonchev–Trinajstić information content (AvgIpc) is 3.06. The van der Waals surface area contributed by atoms with Crippen molar-refractivity contribution >= 4 is 22.6 Å². The number of aliphatic hydroxyl groups is 1. The van der Waals surface area contributed by atoms with E-state index in [1.165, 1.54) is 5.56 Å². The smallest absolute Gasteiger partial charge is 0.224 e. The highest BCUT2D eigenvalue weighted by Crippen LogP contribution is 2.20. The number of aliphatic hydroxyl groups excluding tert-OH is 1. The number of rotatable bonds is 7. The predicted molar refractivity (Wildman–Crippen MR) is 99.7 cm³/mol. The van der Waals surface area contributed by atoms with Crippen LogP contribution in [-0.4, -0.2) is 10.1 Å². The third-order valence-electron chi connectivity index (χ3n) is 3.66. The summed E-state index contributed by atoms with van der Waals surface area (Å²) in [5.74, 6) is 1.25. The summed E-state index contributed by atoms with van der Waals surface area (Å²) in [6.07, 6.45) is 2.28. The number of halogens is 1. The molecule has 5 heteroatoms. The molecule has 1 aromatic heterocycles. The van der Waals surface area contributed by atoms with Crippen LogP contribution in [0.3, 0.4) is 0 Å². The molecule has 1 atom stereocenters. The Balaban J connectivity index is 1.49. The van der Waals surface area contributed by atoms with E-state index in [9.17, 15) is 5.11 Å². The van der Waals surface area contributed by atoms with Crippen LogP contribution in [0.4, 0.5) is 0 Å². The summed E-state index contributed by atoms with van der Waals surface area (Å²) in [5, 5.41) is 10.1. The second-order valence-corrected chi connectivity index (χ2v) is 6.54. The van der Waals surface area contributed by atoms with Crippen LogP contribution in [0.25, 0.3) is 0 Å². The van der Waals surface area contributed by atoms with Gasteiger partial charge in [0.1, 0.15) is 18.5 Å². The summed E-state index contributed by atoms with van der Waals surface area (Å²) in [6.45, 7) is 0.543. The van der Waals surface area contributed by atoms with Crippen molar-refractivity contribution in [3.63, 3.8) is 0 Å². The molecule has 124 valence electrons. The minimum Gasteiger partial charge on any atom is -0.489 e. The monoisotopic (exact) mass is 435 g/mol. The zero-order chi connectivity index (χ0) is 16.8. The van der Waals surface area contributed by atoms with E-state index in [2.05, 4.69) is 29.2 Å². The highest BCUT2D eigenvalue weighted by molar-refractivity contribution is 14.1. The summed E-state index contributed by atoms with van der Waals surface area (Å²) in [6, 6.07) is 18.0. The van der Waals surface area contributed by atoms with Gasteiger partial charge in [0.25, 0.3) is 0 Å². The zero-order valence-corrected chi connectivity index (χ0v) is 15.2. The fourth-order valence-corrected chi connectivity index (χ4v) is 2.70. The maximum atomic E-state index is 10.1. The van der Waals surface area contributed by atoms with Gasteiger partial charge in [-0.25, -0.2) is 4.98 Å². The summed E-state index contributed by atoms with van der Waals surface area (Å²) in [4.78, 5) is 4.05. The Morgan fingerprint density at radius 2 is 1.75 bits per heavy atom. The number of hydrogen-bond acceptors (Lipinski definition) is 4. The van der Waals surface area contributed by atoms with Crippen molar-refractivity contribution in [3.8, 4) is 5.75 Å². The number of aryl methyl sites for hydroxylation is 1. The van der Waals surface area contributed by atoms with Gasteiger partial charge in [-0.05, 0) is 36.1 Å². The molecule has 0 fully saturated rings. The Bertz CT molecular complexity index is 756. The summed E-state index contributed by atoms with van der Waals surface area (Å²) >= 11 is 2.04. The predicted octanol–water partition coefficient (Wildman–Crippen LogP) is 4.52. The molecule has 0 bridgehead atoms. The molecule has 0 saturated carbocycles. The van der Waals surface area contributed by atoms with E-state index >= 15 is 0 Å². The molecule has 2 aromatic carbocycles. The van der Waals surface area contributed by atoms with Crippen molar-refractivity contribution in [1.82, 2.24) is 4.98 Å². The molecule has 1 unspecified atom stereocenters. The molecule has 3 aromatic rings. The first-order valence-corrected chi connectivity index (χ1v) is 8.83. The Morgan fingerprint density at radius 1 is 1.04 bits per heavy atom. The highest BCUT2D eigenvalue weighted by atomic mass is 127. The van der Waals surface area contributed by atoms with Crippen molar-refractivity contribution in [2.24, 2.45) is 0 Å². The Labute approximate surface area is 154 Å². The maximum absolute atomic E-state index is 10.1. The molecule has 3 rings (SSSR count).